The van der Waals surface area contributed by atoms with Crippen LogP contribution in [0.2, 0.25) is 0 Å². The number of aryl methyl sites for hydroxylation is 1. The highest BCUT2D eigenvalue weighted by molar-refractivity contribution is 7.99. The second-order valence-electron chi connectivity index (χ2n) is 9.24. The fraction of sp³-hybridized carbons (Fsp3) is 0.259. The van der Waals surface area contributed by atoms with Crippen molar-refractivity contribution >= 4 is 51.3 Å². The van der Waals surface area contributed by atoms with E-state index in [0.717, 1.165) is 40.1 Å². The summed E-state index contributed by atoms with van der Waals surface area (Å²) in [6.07, 6.45) is 6.21. The lowest BCUT2D eigenvalue weighted by Crippen LogP contribution is -2.37. The summed E-state index contributed by atoms with van der Waals surface area (Å²) in [5.74, 6) is 1.57. The van der Waals surface area contributed by atoms with Crippen molar-refractivity contribution in [3.63, 3.8) is 0 Å². The molecule has 4 aromatic heterocycles. The van der Waals surface area contributed by atoms with E-state index in [2.05, 4.69) is 29.8 Å². The van der Waals surface area contributed by atoms with Crippen molar-refractivity contribution < 1.29 is 18.4 Å². The summed E-state index contributed by atoms with van der Waals surface area (Å²) in [5.41, 5.74) is 1.21. The number of pyridine rings is 2. The summed E-state index contributed by atoms with van der Waals surface area (Å²) < 4.78 is 29.5. The maximum atomic E-state index is 13.5. The monoisotopic (exact) mass is 577 g/mol. The van der Waals surface area contributed by atoms with Gasteiger partial charge in [-0.05, 0) is 56.5 Å². The number of likely N-dealkylation sites (tertiary alicyclic amines) is 1. The largest absolute Gasteiger partial charge is 0.453 e. The molecule has 0 spiro atoms. The fourth-order valence-corrected chi connectivity index (χ4v) is 6.19. The van der Waals surface area contributed by atoms with E-state index in [9.17, 15) is 9.18 Å². The van der Waals surface area contributed by atoms with Gasteiger partial charge in [-0.1, -0.05) is 16.9 Å². The number of aromatic nitrogens is 5. The van der Waals surface area contributed by atoms with Gasteiger partial charge in [0.05, 0.1) is 17.1 Å². The number of amides is 1. The van der Waals surface area contributed by atoms with Gasteiger partial charge in [-0.3, -0.25) is 4.79 Å². The summed E-state index contributed by atoms with van der Waals surface area (Å²) in [6.45, 7) is 4.15. The standard InChI is InChI=1S/C27H24FN7O3S2/c1-15-23-22(10-11-29-26(23)38-33-15)39-19-13-21(37-18-8-6-17(28)7-9-18)25(30-14-19)32-27-31-24(34-40-27)20-5-3-4-12-35(20)16(2)36/h6-11,13-14,20H,3-5,12H2,1-2H3,(H,30,31,32,34). The number of carbonyl (C=O) groups excluding carboxylic acids is 1. The van der Waals surface area contributed by atoms with Crippen molar-refractivity contribution in [1.82, 2.24) is 29.4 Å². The van der Waals surface area contributed by atoms with Gasteiger partial charge < -0.3 is 19.5 Å². The zero-order chi connectivity index (χ0) is 27.6. The molecular formula is C27H24FN7O3S2. The first-order chi connectivity index (χ1) is 19.4. The van der Waals surface area contributed by atoms with E-state index in [1.165, 1.54) is 35.4 Å². The molecule has 0 bridgehead atoms. The first-order valence-electron chi connectivity index (χ1n) is 12.6. The van der Waals surface area contributed by atoms with Crippen LogP contribution in [0.25, 0.3) is 11.1 Å². The van der Waals surface area contributed by atoms with Crippen LogP contribution < -0.4 is 10.1 Å². The van der Waals surface area contributed by atoms with Crippen molar-refractivity contribution in [3.05, 3.63) is 66.1 Å². The third-order valence-electron chi connectivity index (χ3n) is 6.48. The molecule has 1 aliphatic rings. The van der Waals surface area contributed by atoms with Crippen molar-refractivity contribution in [2.24, 2.45) is 0 Å². The highest BCUT2D eigenvalue weighted by Gasteiger charge is 2.29. The average molecular weight is 578 g/mol. The molecule has 1 aromatic carbocycles. The molecule has 1 atom stereocenters. The highest BCUT2D eigenvalue weighted by Crippen LogP contribution is 2.39. The lowest BCUT2D eigenvalue weighted by Gasteiger charge is -2.33. The molecule has 1 saturated heterocycles. The Morgan fingerprint density at radius 2 is 2.08 bits per heavy atom. The Morgan fingerprint density at radius 1 is 1.23 bits per heavy atom. The Balaban J connectivity index is 1.30. The van der Waals surface area contributed by atoms with E-state index in [0.29, 0.717) is 40.5 Å². The number of hydrogen-bond acceptors (Lipinski definition) is 11. The predicted molar refractivity (Wildman–Crippen MR) is 149 cm³/mol. The van der Waals surface area contributed by atoms with Gasteiger partial charge in [0.1, 0.15) is 11.6 Å². The van der Waals surface area contributed by atoms with Gasteiger partial charge >= 0.3 is 0 Å². The van der Waals surface area contributed by atoms with E-state index in [-0.39, 0.29) is 17.8 Å². The zero-order valence-corrected chi connectivity index (χ0v) is 23.3. The van der Waals surface area contributed by atoms with E-state index in [1.54, 1.807) is 31.5 Å². The van der Waals surface area contributed by atoms with E-state index in [4.69, 9.17) is 9.26 Å². The molecule has 6 rings (SSSR count). The molecule has 40 heavy (non-hydrogen) atoms. The lowest BCUT2D eigenvalue weighted by molar-refractivity contribution is -0.132. The maximum absolute atomic E-state index is 13.5. The third kappa shape index (κ3) is 5.47. The molecule has 0 saturated carbocycles. The molecule has 13 heteroatoms. The molecule has 1 amide bonds. The normalized spacial score (nSPS) is 15.4. The topological polar surface area (TPSA) is 119 Å². The van der Waals surface area contributed by atoms with Gasteiger partial charge in [-0.25, -0.2) is 19.3 Å². The van der Waals surface area contributed by atoms with Gasteiger partial charge in [-0.15, -0.1) is 0 Å². The number of carbonyl (C=O) groups is 1. The summed E-state index contributed by atoms with van der Waals surface area (Å²) in [7, 11) is 0. The Labute approximate surface area is 237 Å². The molecule has 5 heterocycles. The summed E-state index contributed by atoms with van der Waals surface area (Å²) in [5, 5.41) is 8.60. The van der Waals surface area contributed by atoms with Crippen LogP contribution in [0.1, 0.15) is 43.7 Å². The smallest absolute Gasteiger partial charge is 0.259 e. The molecule has 1 N–H and O–H groups in total. The van der Waals surface area contributed by atoms with Gasteiger partial charge in [0, 0.05) is 53.3 Å². The lowest BCUT2D eigenvalue weighted by atomic mass is 10.0. The second kappa shape index (κ2) is 11.2. The quantitative estimate of drug-likeness (QED) is 0.224. The number of ether oxygens (including phenoxy) is 1. The summed E-state index contributed by atoms with van der Waals surface area (Å²) in [6, 6.07) is 9.36. The van der Waals surface area contributed by atoms with Crippen LogP contribution in [0.4, 0.5) is 15.3 Å². The molecule has 0 radical (unpaired) electrons. The number of nitrogens with one attached hydrogen (secondary N) is 1. The van der Waals surface area contributed by atoms with Crippen molar-refractivity contribution in [1.29, 1.82) is 0 Å². The van der Waals surface area contributed by atoms with Gasteiger partial charge in [0.25, 0.3) is 5.71 Å². The molecule has 10 nitrogen and oxygen atoms in total. The van der Waals surface area contributed by atoms with Crippen molar-refractivity contribution in [3.8, 4) is 11.5 Å². The van der Waals surface area contributed by atoms with Gasteiger partial charge in [0.2, 0.25) is 11.0 Å². The molecule has 1 aliphatic heterocycles. The summed E-state index contributed by atoms with van der Waals surface area (Å²) >= 11 is 2.67. The van der Waals surface area contributed by atoms with Crippen molar-refractivity contribution in [2.45, 2.75) is 48.9 Å². The van der Waals surface area contributed by atoms with Crippen molar-refractivity contribution in [2.75, 3.05) is 11.9 Å². The molecular weight excluding hydrogens is 553 g/mol. The fourth-order valence-electron chi connectivity index (χ4n) is 4.58. The number of anilines is 2. The van der Waals surface area contributed by atoms with E-state index < -0.39 is 0 Å². The molecule has 1 fully saturated rings. The number of nitrogens with zero attached hydrogens (tertiary/aromatic N) is 6. The van der Waals surface area contributed by atoms with Crippen LogP contribution in [0.5, 0.6) is 11.5 Å². The number of benzene rings is 1. The minimum Gasteiger partial charge on any atom is -0.453 e. The second-order valence-corrected chi connectivity index (χ2v) is 11.1. The number of hydrogen-bond donors (Lipinski definition) is 1. The average Bonchev–Trinajstić information content (AvgIpc) is 3.58. The third-order valence-corrected chi connectivity index (χ3v) is 8.14. The molecule has 0 aliphatic carbocycles. The van der Waals surface area contributed by atoms with Crippen LogP contribution in [0.3, 0.4) is 0 Å². The predicted octanol–water partition coefficient (Wildman–Crippen LogP) is 6.68. The zero-order valence-electron chi connectivity index (χ0n) is 21.6. The van der Waals surface area contributed by atoms with Gasteiger partial charge in [0.15, 0.2) is 17.4 Å². The van der Waals surface area contributed by atoms with E-state index >= 15 is 0 Å². The minimum absolute atomic E-state index is 0.0200. The van der Waals surface area contributed by atoms with Crippen LogP contribution in [-0.2, 0) is 4.79 Å². The first-order valence-corrected chi connectivity index (χ1v) is 14.2. The first kappa shape index (κ1) is 26.1. The molecule has 204 valence electrons. The Hall–Kier alpha value is -4.10. The van der Waals surface area contributed by atoms with Crippen LogP contribution in [0, 0.1) is 12.7 Å². The number of fused-ring (bicyclic) bond motifs is 1. The summed E-state index contributed by atoms with van der Waals surface area (Å²) in [4.78, 5) is 29.2. The minimum atomic E-state index is -0.359. The van der Waals surface area contributed by atoms with Crippen LogP contribution >= 0.6 is 23.3 Å². The number of piperidine rings is 1. The number of rotatable bonds is 7. The Kier molecular flexibility index (Phi) is 7.30. The van der Waals surface area contributed by atoms with Crippen LogP contribution in [-0.4, -0.2) is 41.8 Å². The SMILES string of the molecule is CC(=O)N1CCCCC1c1nsc(Nc2ncc(Sc3ccnc4onc(C)c34)cc2Oc2ccc(F)cc2)n1. The van der Waals surface area contributed by atoms with E-state index in [1.807, 2.05) is 24.0 Å². The number of halogens is 1. The molecule has 5 aromatic rings. The van der Waals surface area contributed by atoms with Crippen LogP contribution in [0.15, 0.2) is 63.1 Å². The Morgan fingerprint density at radius 3 is 2.90 bits per heavy atom. The maximum Gasteiger partial charge on any atom is 0.259 e. The molecule has 1 unspecified atom stereocenters. The highest BCUT2D eigenvalue weighted by atomic mass is 32.2. The Bertz CT molecular complexity index is 1670. The van der Waals surface area contributed by atoms with Gasteiger partial charge in [-0.2, -0.15) is 4.37 Å².